The van der Waals surface area contributed by atoms with Crippen molar-refractivity contribution in [2.45, 2.75) is 62.9 Å². The Balaban J connectivity index is 1.06. The van der Waals surface area contributed by atoms with Crippen LogP contribution in [0.2, 0.25) is 0 Å². The molecule has 2 aromatic rings. The topological polar surface area (TPSA) is 114 Å². The maximum absolute atomic E-state index is 13.6. The van der Waals surface area contributed by atoms with E-state index in [4.69, 9.17) is 9.15 Å². The molecule has 6 rings (SSSR count). The highest BCUT2D eigenvalue weighted by atomic mass is 19.1. The van der Waals surface area contributed by atoms with Crippen molar-refractivity contribution in [3.8, 4) is 5.75 Å². The highest BCUT2D eigenvalue weighted by Crippen LogP contribution is 2.60. The Morgan fingerprint density at radius 1 is 1.17 bits per heavy atom. The third kappa shape index (κ3) is 4.61. The van der Waals surface area contributed by atoms with Gasteiger partial charge in [-0.05, 0) is 50.7 Å². The van der Waals surface area contributed by atoms with E-state index in [1.807, 2.05) is 0 Å². The maximum Gasteiger partial charge on any atom is 0.289 e. The summed E-state index contributed by atoms with van der Waals surface area (Å²) in [5, 5.41) is 6.01. The van der Waals surface area contributed by atoms with Gasteiger partial charge in [-0.2, -0.15) is 0 Å². The number of likely N-dealkylation sites (tertiary alicyclic amines) is 1. The smallest absolute Gasteiger partial charge is 0.289 e. The molecule has 10 heteroatoms. The Hall–Kier alpha value is -3.43. The van der Waals surface area contributed by atoms with Gasteiger partial charge >= 0.3 is 0 Å². The van der Waals surface area contributed by atoms with Crippen LogP contribution in [-0.4, -0.2) is 58.4 Å². The molecule has 2 heterocycles. The fraction of sp³-hybridized carbons (Fsp3) is 0.520. The second-order valence-electron chi connectivity index (χ2n) is 10.1. The number of nitrogens with zero attached hydrogens (tertiary/aromatic N) is 2. The molecule has 0 unspecified atom stereocenters. The number of aromatic nitrogens is 1. The highest BCUT2D eigenvalue weighted by Gasteiger charge is 2.69. The minimum absolute atomic E-state index is 0.0672. The van der Waals surface area contributed by atoms with Crippen molar-refractivity contribution >= 4 is 17.7 Å². The number of ether oxygens (including phenoxy) is 1. The van der Waals surface area contributed by atoms with Gasteiger partial charge in [-0.1, -0.05) is 6.07 Å². The molecule has 4 fully saturated rings. The van der Waals surface area contributed by atoms with Gasteiger partial charge in [0.05, 0.1) is 6.20 Å². The Bertz CT molecular complexity index is 1150. The molecule has 3 saturated carbocycles. The number of piperidine rings is 1. The van der Waals surface area contributed by atoms with Gasteiger partial charge < -0.3 is 24.7 Å². The van der Waals surface area contributed by atoms with E-state index in [0.717, 1.165) is 12.8 Å². The van der Waals surface area contributed by atoms with Crippen molar-refractivity contribution in [1.82, 2.24) is 20.5 Å². The monoisotopic (exact) mass is 484 g/mol. The van der Waals surface area contributed by atoms with Crippen LogP contribution in [0.5, 0.6) is 5.75 Å². The molecule has 0 spiro atoms. The van der Waals surface area contributed by atoms with E-state index in [-0.39, 0.29) is 52.9 Å². The number of amides is 3. The number of hydrogen-bond acceptors (Lipinski definition) is 6. The zero-order valence-electron chi connectivity index (χ0n) is 19.9. The van der Waals surface area contributed by atoms with E-state index >= 15 is 0 Å². The summed E-state index contributed by atoms with van der Waals surface area (Å²) in [5.74, 6) is 0.216. The molecule has 1 aromatic heterocycles. The molecule has 1 saturated heterocycles. The summed E-state index contributed by atoms with van der Waals surface area (Å²) in [6.07, 6.45) is 4.89. The standard InChI is InChI=1S/C25H29FN4O5/c1-15-3-4-18(9-19(15)26)34-11-21(32)28-24-12-25(13-24,14-24)29-22(33)20-10-27-23(35-20)17-5-7-30(8-6-17)16(2)31/h3-4,9-10,17H,5-8,11-14H2,1-2H3,(H,28,32)(H,29,33). The molecule has 1 aliphatic heterocycles. The highest BCUT2D eigenvalue weighted by molar-refractivity contribution is 5.92. The first-order chi connectivity index (χ1) is 16.7. The number of carbonyl (C=O) groups is 3. The van der Waals surface area contributed by atoms with Gasteiger partial charge in [0.2, 0.25) is 11.7 Å². The van der Waals surface area contributed by atoms with Gasteiger partial charge in [0.25, 0.3) is 11.8 Å². The van der Waals surface area contributed by atoms with Gasteiger partial charge in [-0.3, -0.25) is 14.4 Å². The van der Waals surface area contributed by atoms with Crippen LogP contribution in [0.1, 0.15) is 67.0 Å². The van der Waals surface area contributed by atoms with Crippen molar-refractivity contribution in [2.24, 2.45) is 0 Å². The summed E-state index contributed by atoms with van der Waals surface area (Å²) in [5.41, 5.74) is -0.159. The Kier molecular flexibility index (Phi) is 5.77. The summed E-state index contributed by atoms with van der Waals surface area (Å²) in [7, 11) is 0. The lowest BCUT2D eigenvalue weighted by Gasteiger charge is -2.70. The van der Waals surface area contributed by atoms with E-state index in [2.05, 4.69) is 15.6 Å². The fourth-order valence-corrected chi connectivity index (χ4v) is 5.52. The number of halogens is 1. The zero-order chi connectivity index (χ0) is 24.8. The van der Waals surface area contributed by atoms with E-state index in [1.54, 1.807) is 30.9 Å². The molecule has 2 N–H and O–H groups in total. The van der Waals surface area contributed by atoms with Gasteiger partial charge in [0, 0.05) is 43.1 Å². The van der Waals surface area contributed by atoms with Gasteiger partial charge in [0.1, 0.15) is 11.6 Å². The normalized spacial score (nSPS) is 25.3. The second-order valence-corrected chi connectivity index (χ2v) is 10.1. The minimum atomic E-state index is -0.378. The van der Waals surface area contributed by atoms with E-state index in [9.17, 15) is 18.8 Å². The molecule has 3 amide bonds. The van der Waals surface area contributed by atoms with Crippen LogP contribution < -0.4 is 15.4 Å². The maximum atomic E-state index is 13.6. The van der Waals surface area contributed by atoms with Gasteiger partial charge in [-0.25, -0.2) is 9.37 Å². The summed E-state index contributed by atoms with van der Waals surface area (Å²) in [6, 6.07) is 4.49. The Morgan fingerprint density at radius 3 is 2.51 bits per heavy atom. The molecule has 3 aliphatic carbocycles. The number of nitrogens with one attached hydrogen (secondary N) is 2. The molecule has 4 aliphatic rings. The van der Waals surface area contributed by atoms with E-state index < -0.39 is 0 Å². The first-order valence-corrected chi connectivity index (χ1v) is 11.9. The van der Waals surface area contributed by atoms with Crippen molar-refractivity contribution < 1.29 is 27.9 Å². The Labute approximate surface area is 202 Å². The molecule has 35 heavy (non-hydrogen) atoms. The predicted octanol–water partition coefficient (Wildman–Crippen LogP) is 2.45. The summed E-state index contributed by atoms with van der Waals surface area (Å²) >= 11 is 0. The largest absolute Gasteiger partial charge is 0.484 e. The van der Waals surface area contributed by atoms with E-state index in [0.29, 0.717) is 49.6 Å². The number of aryl methyl sites for hydroxylation is 1. The second kappa shape index (κ2) is 8.66. The van der Waals surface area contributed by atoms with Crippen LogP contribution >= 0.6 is 0 Å². The van der Waals surface area contributed by atoms with Crippen LogP contribution in [0.3, 0.4) is 0 Å². The first kappa shape index (κ1) is 23.3. The van der Waals surface area contributed by atoms with Crippen LogP contribution in [0, 0.1) is 12.7 Å². The quantitative estimate of drug-likeness (QED) is 0.624. The third-order valence-corrected chi connectivity index (χ3v) is 7.36. The van der Waals surface area contributed by atoms with Gasteiger partial charge in [0.15, 0.2) is 12.5 Å². The van der Waals surface area contributed by atoms with E-state index in [1.165, 1.54) is 12.3 Å². The lowest BCUT2D eigenvalue weighted by Crippen LogP contribution is -2.84. The number of carbonyl (C=O) groups excluding carboxylic acids is 3. The molecular formula is C25H29FN4O5. The summed E-state index contributed by atoms with van der Waals surface area (Å²) < 4.78 is 24.8. The first-order valence-electron chi connectivity index (χ1n) is 11.9. The molecule has 1 aromatic carbocycles. The minimum Gasteiger partial charge on any atom is -0.484 e. The summed E-state index contributed by atoms with van der Waals surface area (Å²) in [6.45, 7) is 4.35. The molecule has 2 bridgehead atoms. The van der Waals surface area contributed by atoms with Crippen molar-refractivity contribution in [3.05, 3.63) is 47.4 Å². The molecule has 0 atom stereocenters. The molecule has 9 nitrogen and oxygen atoms in total. The molecular weight excluding hydrogens is 455 g/mol. The SMILES string of the molecule is CC(=O)N1CCC(c2ncc(C(=O)NC34CC(NC(=O)COc5ccc(C)c(F)c5)(C3)C4)o2)CC1. The van der Waals surface area contributed by atoms with Crippen LogP contribution in [0.25, 0.3) is 0 Å². The van der Waals surface area contributed by atoms with Crippen molar-refractivity contribution in [3.63, 3.8) is 0 Å². The molecule has 186 valence electrons. The lowest BCUT2D eigenvalue weighted by molar-refractivity contribution is -0.141. The average Bonchev–Trinajstić information content (AvgIpc) is 3.28. The van der Waals surface area contributed by atoms with Crippen molar-refractivity contribution in [1.29, 1.82) is 0 Å². The summed E-state index contributed by atoms with van der Waals surface area (Å²) in [4.78, 5) is 42.6. The Morgan fingerprint density at radius 2 is 1.86 bits per heavy atom. The zero-order valence-corrected chi connectivity index (χ0v) is 19.9. The number of oxazole rings is 1. The van der Waals surface area contributed by atoms with Crippen LogP contribution in [-0.2, 0) is 9.59 Å². The lowest BCUT2D eigenvalue weighted by atomic mass is 9.44. The van der Waals surface area contributed by atoms with Crippen LogP contribution in [0.4, 0.5) is 4.39 Å². The predicted molar refractivity (Wildman–Crippen MR) is 122 cm³/mol. The van der Waals surface area contributed by atoms with Crippen LogP contribution in [0.15, 0.2) is 28.8 Å². The fourth-order valence-electron chi connectivity index (χ4n) is 5.52. The number of hydrogen-bond donors (Lipinski definition) is 2. The van der Waals surface area contributed by atoms with Gasteiger partial charge in [-0.15, -0.1) is 0 Å². The molecule has 0 radical (unpaired) electrons. The van der Waals surface area contributed by atoms with Crippen molar-refractivity contribution in [2.75, 3.05) is 19.7 Å². The number of benzene rings is 1. The number of rotatable bonds is 7. The third-order valence-electron chi connectivity index (χ3n) is 7.36. The average molecular weight is 485 g/mol.